The molecule has 0 bridgehead atoms. The van der Waals surface area contributed by atoms with E-state index in [1.165, 1.54) is 0 Å². The number of aliphatic imine (C=N–C) groups is 1. The molecule has 3 rings (SSSR count). The normalized spacial score (nSPS) is 30.4. The number of piperidine rings is 1. The maximum atomic E-state index is 6.01. The van der Waals surface area contributed by atoms with Gasteiger partial charge in [-0.05, 0) is 12.1 Å². The first-order valence-electron chi connectivity index (χ1n) is 6.03. The quantitative estimate of drug-likeness (QED) is 0.790. The number of hydrogen-bond acceptors (Lipinski definition) is 4. The molecule has 0 radical (unpaired) electrons. The molecule has 1 aromatic heterocycles. The molecule has 2 aliphatic heterocycles. The van der Waals surface area contributed by atoms with Crippen LogP contribution in [0.4, 0.5) is 0 Å². The van der Waals surface area contributed by atoms with Crippen molar-refractivity contribution in [3.05, 3.63) is 30.1 Å². The smallest absolute Gasteiger partial charge is 0.236 e. The molecule has 2 atom stereocenters. The van der Waals surface area contributed by atoms with E-state index in [-0.39, 0.29) is 17.6 Å². The minimum atomic E-state index is 0.114. The van der Waals surface area contributed by atoms with Gasteiger partial charge < -0.3 is 10.1 Å². The molecular weight excluding hydrogens is 214 g/mol. The molecule has 0 aliphatic carbocycles. The average Bonchev–Trinajstić information content (AvgIpc) is 2.75. The van der Waals surface area contributed by atoms with Crippen LogP contribution in [0.5, 0.6) is 0 Å². The van der Waals surface area contributed by atoms with Crippen molar-refractivity contribution in [3.63, 3.8) is 0 Å². The second kappa shape index (κ2) is 3.81. The van der Waals surface area contributed by atoms with Gasteiger partial charge in [0.1, 0.15) is 17.8 Å². The summed E-state index contributed by atoms with van der Waals surface area (Å²) in [6.07, 6.45) is 1.94. The van der Waals surface area contributed by atoms with Crippen LogP contribution >= 0.6 is 0 Å². The van der Waals surface area contributed by atoms with E-state index in [4.69, 9.17) is 4.74 Å². The third kappa shape index (κ3) is 1.82. The van der Waals surface area contributed by atoms with Crippen molar-refractivity contribution < 1.29 is 4.74 Å². The number of nitrogens with zero attached hydrogens (tertiary/aromatic N) is 2. The fourth-order valence-electron chi connectivity index (χ4n) is 2.54. The highest BCUT2D eigenvalue weighted by molar-refractivity contribution is 5.93. The highest BCUT2D eigenvalue weighted by atomic mass is 16.5. The summed E-state index contributed by atoms with van der Waals surface area (Å²) in [6.45, 7) is 6.30. The fraction of sp³-hybridized carbons (Fsp3) is 0.538. The molecule has 1 N–H and O–H groups in total. The molecule has 0 saturated carbocycles. The van der Waals surface area contributed by atoms with Gasteiger partial charge in [-0.3, -0.25) is 4.98 Å². The number of fused-ring (bicyclic) bond motifs is 1. The topological polar surface area (TPSA) is 46.5 Å². The van der Waals surface area contributed by atoms with Crippen molar-refractivity contribution in [2.24, 2.45) is 10.4 Å². The largest absolute Gasteiger partial charge is 0.470 e. The maximum absolute atomic E-state index is 6.01. The first-order chi connectivity index (χ1) is 8.17. The standard InChI is InChI=1S/C13H17N3O/c1-13(2)8-14-7-10-11(13)17-12(16-10)9-5-3-4-6-15-9/h3-6,10-11,14H,7-8H2,1-2H3. The Morgan fingerprint density at radius 2 is 2.29 bits per heavy atom. The fourth-order valence-corrected chi connectivity index (χ4v) is 2.54. The monoisotopic (exact) mass is 231 g/mol. The predicted octanol–water partition coefficient (Wildman–Crippen LogP) is 1.22. The third-order valence-corrected chi connectivity index (χ3v) is 3.46. The van der Waals surface area contributed by atoms with Crippen LogP contribution in [0, 0.1) is 5.41 Å². The number of hydrogen-bond donors (Lipinski definition) is 1. The van der Waals surface area contributed by atoms with Crippen molar-refractivity contribution in [2.75, 3.05) is 13.1 Å². The zero-order valence-corrected chi connectivity index (χ0v) is 10.2. The van der Waals surface area contributed by atoms with E-state index in [2.05, 4.69) is 29.1 Å². The molecule has 1 saturated heterocycles. The van der Waals surface area contributed by atoms with Crippen LogP contribution in [-0.2, 0) is 4.74 Å². The lowest BCUT2D eigenvalue weighted by Crippen LogP contribution is -2.53. The summed E-state index contributed by atoms with van der Waals surface area (Å²) in [5.41, 5.74) is 0.945. The third-order valence-electron chi connectivity index (χ3n) is 3.46. The van der Waals surface area contributed by atoms with E-state index in [9.17, 15) is 0 Å². The van der Waals surface area contributed by atoms with Gasteiger partial charge in [-0.15, -0.1) is 0 Å². The summed E-state index contributed by atoms with van der Waals surface area (Å²) >= 11 is 0. The molecule has 2 unspecified atom stereocenters. The Kier molecular flexibility index (Phi) is 2.40. The first-order valence-corrected chi connectivity index (χ1v) is 6.03. The Morgan fingerprint density at radius 1 is 1.41 bits per heavy atom. The Labute approximate surface area is 101 Å². The number of aromatic nitrogens is 1. The summed E-state index contributed by atoms with van der Waals surface area (Å²) in [6, 6.07) is 6.02. The van der Waals surface area contributed by atoms with Gasteiger partial charge in [0, 0.05) is 24.7 Å². The highest BCUT2D eigenvalue weighted by Gasteiger charge is 2.45. The van der Waals surface area contributed by atoms with Crippen LogP contribution in [-0.4, -0.2) is 36.1 Å². The van der Waals surface area contributed by atoms with Crippen molar-refractivity contribution >= 4 is 5.90 Å². The van der Waals surface area contributed by atoms with Crippen molar-refractivity contribution in [2.45, 2.75) is 26.0 Å². The Bertz CT molecular complexity index is 441. The van der Waals surface area contributed by atoms with Gasteiger partial charge in [-0.25, -0.2) is 4.99 Å². The van der Waals surface area contributed by atoms with E-state index < -0.39 is 0 Å². The summed E-state index contributed by atoms with van der Waals surface area (Å²) in [4.78, 5) is 8.94. The molecule has 3 heterocycles. The van der Waals surface area contributed by atoms with E-state index in [1.54, 1.807) is 6.20 Å². The number of rotatable bonds is 1. The molecule has 0 amide bonds. The van der Waals surface area contributed by atoms with Crippen LogP contribution in [0.2, 0.25) is 0 Å². The number of ether oxygens (including phenoxy) is 1. The Morgan fingerprint density at radius 3 is 3.00 bits per heavy atom. The molecule has 4 heteroatoms. The van der Waals surface area contributed by atoms with Crippen molar-refractivity contribution in [3.8, 4) is 0 Å². The molecule has 1 aromatic rings. The molecule has 4 nitrogen and oxygen atoms in total. The summed E-state index contributed by atoms with van der Waals surface area (Å²) in [5, 5.41) is 3.41. The highest BCUT2D eigenvalue weighted by Crippen LogP contribution is 2.34. The number of nitrogens with one attached hydrogen (secondary N) is 1. The van der Waals surface area contributed by atoms with E-state index in [1.807, 2.05) is 18.2 Å². The lowest BCUT2D eigenvalue weighted by atomic mass is 9.80. The molecule has 17 heavy (non-hydrogen) atoms. The van der Waals surface area contributed by atoms with Gasteiger partial charge in [0.2, 0.25) is 5.90 Å². The zero-order chi connectivity index (χ0) is 11.9. The molecular formula is C13H17N3O. The Balaban J connectivity index is 1.87. The van der Waals surface area contributed by atoms with Crippen LogP contribution in [0.25, 0.3) is 0 Å². The SMILES string of the molecule is CC1(C)CNCC2N=C(c3ccccn3)OC21. The van der Waals surface area contributed by atoms with Gasteiger partial charge in [-0.1, -0.05) is 19.9 Å². The van der Waals surface area contributed by atoms with Gasteiger partial charge in [0.25, 0.3) is 0 Å². The Hall–Kier alpha value is -1.42. The van der Waals surface area contributed by atoms with Gasteiger partial charge >= 0.3 is 0 Å². The van der Waals surface area contributed by atoms with E-state index in [0.29, 0.717) is 5.90 Å². The molecule has 2 aliphatic rings. The van der Waals surface area contributed by atoms with Crippen molar-refractivity contribution in [1.82, 2.24) is 10.3 Å². The predicted molar refractivity (Wildman–Crippen MR) is 66.1 cm³/mol. The second-order valence-corrected chi connectivity index (χ2v) is 5.37. The summed E-state index contributed by atoms with van der Waals surface area (Å²) < 4.78 is 6.01. The lowest BCUT2D eigenvalue weighted by molar-refractivity contribution is 0.0416. The van der Waals surface area contributed by atoms with Crippen LogP contribution in [0.15, 0.2) is 29.4 Å². The second-order valence-electron chi connectivity index (χ2n) is 5.37. The van der Waals surface area contributed by atoms with E-state index >= 15 is 0 Å². The van der Waals surface area contributed by atoms with Crippen molar-refractivity contribution in [1.29, 1.82) is 0 Å². The van der Waals surface area contributed by atoms with Crippen LogP contribution < -0.4 is 5.32 Å². The lowest BCUT2D eigenvalue weighted by Gasteiger charge is -2.38. The first kappa shape index (κ1) is 10.7. The van der Waals surface area contributed by atoms with Gasteiger partial charge in [-0.2, -0.15) is 0 Å². The van der Waals surface area contributed by atoms with Gasteiger partial charge in [0.15, 0.2) is 0 Å². The van der Waals surface area contributed by atoms with E-state index in [0.717, 1.165) is 18.8 Å². The number of pyridine rings is 1. The molecule has 0 aromatic carbocycles. The molecule has 90 valence electrons. The molecule has 0 spiro atoms. The average molecular weight is 231 g/mol. The summed E-state index contributed by atoms with van der Waals surface area (Å²) in [7, 11) is 0. The molecule has 1 fully saturated rings. The zero-order valence-electron chi connectivity index (χ0n) is 10.2. The van der Waals surface area contributed by atoms with Crippen LogP contribution in [0.1, 0.15) is 19.5 Å². The summed E-state index contributed by atoms with van der Waals surface area (Å²) in [5.74, 6) is 0.692. The minimum Gasteiger partial charge on any atom is -0.470 e. The van der Waals surface area contributed by atoms with Crippen LogP contribution in [0.3, 0.4) is 0 Å². The maximum Gasteiger partial charge on any atom is 0.236 e. The minimum absolute atomic E-state index is 0.114. The van der Waals surface area contributed by atoms with Gasteiger partial charge in [0.05, 0.1) is 0 Å².